The molecule has 0 fully saturated rings. The average Bonchev–Trinajstić information content (AvgIpc) is 2.43. The van der Waals surface area contributed by atoms with E-state index in [1.807, 2.05) is 6.92 Å². The molecule has 0 saturated heterocycles. The highest BCUT2D eigenvalue weighted by atomic mass is 28.5. The summed E-state index contributed by atoms with van der Waals surface area (Å²) in [5, 5.41) is 0. The molecule has 0 amide bonds. The highest BCUT2D eigenvalue weighted by Crippen LogP contribution is 2.30. The highest BCUT2D eigenvalue weighted by molar-refractivity contribution is 6.90. The molecule has 0 aliphatic heterocycles. The molecule has 0 aromatic carbocycles. The molecule has 0 bridgehead atoms. The first-order valence-electron chi connectivity index (χ1n) is 11.4. The van der Waals surface area contributed by atoms with Gasteiger partial charge in [0.2, 0.25) is 0 Å². The predicted octanol–water partition coefficient (Wildman–Crippen LogP) is 7.41. The molecule has 0 N–H and O–H groups in total. The molecule has 4 nitrogen and oxygen atoms in total. The normalized spacial score (nSPS) is 13.7. The van der Waals surface area contributed by atoms with Crippen LogP contribution in [0.25, 0.3) is 0 Å². The smallest absolute Gasteiger partial charge is 0.417 e. The molecule has 0 atom stereocenters. The molecule has 174 valence electrons. The van der Waals surface area contributed by atoms with Crippen LogP contribution >= 0.6 is 0 Å². The second kappa shape index (κ2) is 13.1. The Balaban J connectivity index is 4.62. The molecule has 8 heteroatoms. The Morgan fingerprint density at radius 1 is 0.621 bits per heavy atom. The van der Waals surface area contributed by atoms with E-state index in [0.717, 1.165) is 31.1 Å². The molecule has 0 aromatic heterocycles. The average molecular weight is 479 g/mol. The van der Waals surface area contributed by atoms with Crippen LogP contribution in [0, 0.1) is 0 Å². The fourth-order valence-corrected chi connectivity index (χ4v) is 17.8. The van der Waals surface area contributed by atoms with Crippen molar-refractivity contribution in [1.29, 1.82) is 0 Å². The van der Waals surface area contributed by atoms with Gasteiger partial charge in [-0.25, -0.2) is 0 Å². The summed E-state index contributed by atoms with van der Waals surface area (Å²) in [5.41, 5.74) is 1.10. The van der Waals surface area contributed by atoms with Gasteiger partial charge in [0.25, 0.3) is 0 Å². The van der Waals surface area contributed by atoms with Gasteiger partial charge in [0.05, 0.1) is 6.61 Å². The van der Waals surface area contributed by atoms with Gasteiger partial charge in [-0.3, -0.25) is 0 Å². The third-order valence-electron chi connectivity index (χ3n) is 3.76. The van der Waals surface area contributed by atoms with E-state index in [0.29, 0.717) is 6.61 Å². The van der Waals surface area contributed by atoms with Crippen LogP contribution in [0.4, 0.5) is 0 Å². The Morgan fingerprint density at radius 2 is 1.00 bits per heavy atom. The van der Waals surface area contributed by atoms with E-state index in [1.165, 1.54) is 25.7 Å². The molecule has 0 aliphatic rings. The van der Waals surface area contributed by atoms with Gasteiger partial charge in [-0.1, -0.05) is 37.8 Å². The Morgan fingerprint density at radius 3 is 1.38 bits per heavy atom. The van der Waals surface area contributed by atoms with Gasteiger partial charge < -0.3 is 17.1 Å². The van der Waals surface area contributed by atoms with E-state index in [9.17, 15) is 0 Å². The van der Waals surface area contributed by atoms with E-state index in [1.54, 1.807) is 0 Å². The first kappa shape index (κ1) is 29.4. The molecule has 0 spiro atoms. The topological polar surface area (TPSA) is 36.9 Å². The number of hydrogen-bond acceptors (Lipinski definition) is 4. The lowest BCUT2D eigenvalue weighted by molar-refractivity contribution is 0.151. The molecule has 0 aromatic rings. The molecular formula is C21H50O4Si4. The standard InChI is InChI=1S/C21H50O4Si4/c1-21(2)20-22-18-16-14-12-13-15-17-19-29(23-26(3,4)5,24-27(6,7)8)25-28(9,10)11/h1,12-20H2,2-11H3. The molecule has 0 radical (unpaired) electrons. The molecule has 0 rings (SSSR count). The molecule has 0 aliphatic carbocycles. The van der Waals surface area contributed by atoms with E-state index in [4.69, 9.17) is 17.1 Å². The number of ether oxygens (including phenoxy) is 1. The lowest BCUT2D eigenvalue weighted by atomic mass is 10.1. The Kier molecular flexibility index (Phi) is 13.3. The molecule has 0 unspecified atom stereocenters. The fraction of sp³-hybridized carbons (Fsp3) is 0.905. The quantitative estimate of drug-likeness (QED) is 0.124. The van der Waals surface area contributed by atoms with Crippen LogP contribution < -0.4 is 0 Å². The monoisotopic (exact) mass is 478 g/mol. The zero-order chi connectivity index (χ0) is 22.8. The number of hydrogen-bond donors (Lipinski definition) is 0. The van der Waals surface area contributed by atoms with Crippen LogP contribution in [0.2, 0.25) is 65.0 Å². The van der Waals surface area contributed by atoms with Gasteiger partial charge in [0.15, 0.2) is 25.0 Å². The Hall–Kier alpha value is 0.448. The van der Waals surface area contributed by atoms with Crippen LogP contribution in [0.1, 0.15) is 45.4 Å². The zero-order valence-electron chi connectivity index (χ0n) is 21.2. The largest absolute Gasteiger partial charge is 0.469 e. The van der Waals surface area contributed by atoms with Crippen LogP contribution in [0.5, 0.6) is 0 Å². The van der Waals surface area contributed by atoms with E-state index in [2.05, 4.69) is 65.5 Å². The van der Waals surface area contributed by atoms with E-state index < -0.39 is 33.8 Å². The van der Waals surface area contributed by atoms with Crippen molar-refractivity contribution in [2.24, 2.45) is 0 Å². The summed E-state index contributed by atoms with van der Waals surface area (Å²) in [6.07, 6.45) is 7.27. The maximum atomic E-state index is 6.75. The minimum atomic E-state index is -2.64. The lowest BCUT2D eigenvalue weighted by Gasteiger charge is -2.43. The van der Waals surface area contributed by atoms with Crippen molar-refractivity contribution in [3.63, 3.8) is 0 Å². The Bertz CT molecular complexity index is 424. The maximum Gasteiger partial charge on any atom is 0.469 e. The van der Waals surface area contributed by atoms with Gasteiger partial charge in [-0.15, -0.1) is 0 Å². The van der Waals surface area contributed by atoms with Gasteiger partial charge >= 0.3 is 8.80 Å². The highest BCUT2D eigenvalue weighted by Gasteiger charge is 2.49. The first-order chi connectivity index (χ1) is 13.0. The van der Waals surface area contributed by atoms with E-state index >= 15 is 0 Å². The van der Waals surface area contributed by atoms with Crippen LogP contribution in [0.3, 0.4) is 0 Å². The van der Waals surface area contributed by atoms with Gasteiger partial charge in [-0.05, 0) is 78.7 Å². The molecule has 0 saturated carbocycles. The lowest BCUT2D eigenvalue weighted by Crippen LogP contribution is -2.60. The SMILES string of the molecule is C=C(C)COCCCCCCCC[Si](O[Si](C)(C)C)(O[Si](C)(C)C)O[Si](C)(C)C. The predicted molar refractivity (Wildman–Crippen MR) is 137 cm³/mol. The van der Waals surface area contributed by atoms with E-state index in [-0.39, 0.29) is 0 Å². The van der Waals surface area contributed by atoms with Crippen molar-refractivity contribution < 1.29 is 17.1 Å². The minimum absolute atomic E-state index is 0.692. The van der Waals surface area contributed by atoms with Crippen LogP contribution in [-0.2, 0) is 17.1 Å². The molecule has 0 heterocycles. The second-order valence-corrected chi connectivity index (χ2v) is 28.2. The Labute approximate surface area is 186 Å². The zero-order valence-corrected chi connectivity index (χ0v) is 25.2. The van der Waals surface area contributed by atoms with Crippen LogP contribution in [0.15, 0.2) is 12.2 Å². The van der Waals surface area contributed by atoms with Crippen molar-refractivity contribution in [1.82, 2.24) is 0 Å². The first-order valence-corrected chi connectivity index (χ1v) is 23.5. The second-order valence-electron chi connectivity index (χ2n) is 11.2. The summed E-state index contributed by atoms with van der Waals surface area (Å²) in [7, 11) is -7.92. The van der Waals surface area contributed by atoms with Gasteiger partial charge in [0, 0.05) is 12.7 Å². The molecule has 29 heavy (non-hydrogen) atoms. The summed E-state index contributed by atoms with van der Waals surface area (Å²) in [6.45, 7) is 27.7. The summed E-state index contributed by atoms with van der Waals surface area (Å²) in [6, 6.07) is 0.966. The van der Waals surface area contributed by atoms with Gasteiger partial charge in [0.1, 0.15) is 0 Å². The minimum Gasteiger partial charge on any atom is -0.417 e. The van der Waals surface area contributed by atoms with Crippen molar-refractivity contribution in [3.8, 4) is 0 Å². The summed E-state index contributed by atoms with van der Waals surface area (Å²) < 4.78 is 25.8. The van der Waals surface area contributed by atoms with Crippen molar-refractivity contribution in [3.05, 3.63) is 12.2 Å². The summed E-state index contributed by atoms with van der Waals surface area (Å²) in [5.74, 6) is 0. The molecular weight excluding hydrogens is 429 g/mol. The van der Waals surface area contributed by atoms with Crippen LogP contribution in [-0.4, -0.2) is 47.0 Å². The number of rotatable bonds is 17. The third kappa shape index (κ3) is 18.9. The van der Waals surface area contributed by atoms with Gasteiger partial charge in [-0.2, -0.15) is 0 Å². The third-order valence-corrected chi connectivity index (χ3v) is 15.8. The van der Waals surface area contributed by atoms with Crippen molar-refractivity contribution in [2.45, 2.75) is 110 Å². The maximum absolute atomic E-state index is 6.75. The number of unbranched alkanes of at least 4 members (excludes halogenated alkanes) is 5. The fourth-order valence-electron chi connectivity index (χ4n) is 3.11. The summed E-state index contributed by atoms with van der Waals surface area (Å²) in [4.78, 5) is 0. The van der Waals surface area contributed by atoms with Crippen molar-refractivity contribution >= 4 is 33.8 Å². The van der Waals surface area contributed by atoms with Crippen molar-refractivity contribution in [2.75, 3.05) is 13.2 Å². The summed E-state index contributed by atoms with van der Waals surface area (Å²) >= 11 is 0.